The summed E-state index contributed by atoms with van der Waals surface area (Å²) in [5.74, 6) is -1.02. The number of alkyl halides is 4. The minimum atomic E-state index is -4.44. The van der Waals surface area contributed by atoms with E-state index in [1.807, 2.05) is 62.4 Å². The van der Waals surface area contributed by atoms with E-state index in [2.05, 4.69) is 5.32 Å². The number of carbonyl (C=O) groups excluding carboxylic acids is 3. The first kappa shape index (κ1) is 33.9. The van der Waals surface area contributed by atoms with Crippen molar-refractivity contribution in [3.05, 3.63) is 107 Å². The number of primary amides is 1. The highest BCUT2D eigenvalue weighted by Crippen LogP contribution is 2.40. The second-order valence-electron chi connectivity index (χ2n) is 9.90. The maximum absolute atomic E-state index is 13.1. The van der Waals surface area contributed by atoms with E-state index in [4.69, 9.17) is 28.1 Å². The van der Waals surface area contributed by atoms with E-state index in [1.54, 1.807) is 17.9 Å². The van der Waals surface area contributed by atoms with Crippen molar-refractivity contribution >= 4 is 46.5 Å². The van der Waals surface area contributed by atoms with Crippen LogP contribution in [0.5, 0.6) is 0 Å². The van der Waals surface area contributed by atoms with Crippen LogP contribution < -0.4 is 16.8 Å². The lowest BCUT2D eigenvalue weighted by Crippen LogP contribution is -2.45. The topological polar surface area (TPSA) is 131 Å². The van der Waals surface area contributed by atoms with Crippen LogP contribution in [0.1, 0.15) is 54.6 Å². The number of likely N-dealkylation sites (N-methyl/N-ethyl adjacent to an activating group) is 1. The Hall–Kier alpha value is -4.64. The fourth-order valence-corrected chi connectivity index (χ4v) is 4.64. The number of nitrogens with zero attached hydrogens (tertiary/aromatic N) is 2. The molecule has 5 N–H and O–H groups in total. The first-order chi connectivity index (χ1) is 20.7. The highest BCUT2D eigenvalue weighted by Gasteiger charge is 2.37. The zero-order valence-corrected chi connectivity index (χ0v) is 25.1. The van der Waals surface area contributed by atoms with Gasteiger partial charge < -0.3 is 16.8 Å². The standard InChI is InChI=1S/C24H27ClN4O2.C8H6F3NO/c1-4-29-21(30)14-19(18-12-8-9-13-20(18)28-24(31)15(2)25)22(16(3)26)23(29)27-17-10-6-5-7-11-17;9-8(10,11)6-3-1-2-5(4-6)7(12)13/h5-13,15,19H,4,14,26H2,1-3H3,(H,28,31);1-4H,(H2,12,13)/b22-16-,27-23?;. The molecule has 12 heteroatoms. The van der Waals surface area contributed by atoms with Crippen LogP contribution in [0.4, 0.5) is 24.5 Å². The Balaban J connectivity index is 0.000000340. The summed E-state index contributed by atoms with van der Waals surface area (Å²) in [6.07, 6.45) is -4.21. The minimum Gasteiger partial charge on any atom is -0.402 e. The molecule has 3 aromatic carbocycles. The molecule has 1 fully saturated rings. The van der Waals surface area contributed by atoms with Gasteiger partial charge >= 0.3 is 6.18 Å². The molecule has 1 saturated heterocycles. The number of hydrogen-bond acceptors (Lipinski definition) is 5. The molecule has 232 valence electrons. The largest absolute Gasteiger partial charge is 0.416 e. The number of allylic oxidation sites excluding steroid dienone is 1. The molecule has 1 heterocycles. The molecule has 0 spiro atoms. The third-order valence-electron chi connectivity index (χ3n) is 6.69. The van der Waals surface area contributed by atoms with Crippen molar-refractivity contribution in [2.75, 3.05) is 11.9 Å². The number of hydrogen-bond donors (Lipinski definition) is 3. The molecular weight excluding hydrogens is 595 g/mol. The van der Waals surface area contributed by atoms with Crippen LogP contribution in [0.2, 0.25) is 0 Å². The molecular formula is C32H33ClF3N5O3. The molecule has 2 atom stereocenters. The van der Waals surface area contributed by atoms with Crippen molar-refractivity contribution < 1.29 is 27.6 Å². The highest BCUT2D eigenvalue weighted by molar-refractivity contribution is 6.32. The van der Waals surface area contributed by atoms with Gasteiger partial charge in [0.1, 0.15) is 11.2 Å². The first-order valence-electron chi connectivity index (χ1n) is 13.7. The number of nitrogens with two attached hydrogens (primary N) is 2. The van der Waals surface area contributed by atoms with Crippen molar-refractivity contribution in [1.82, 2.24) is 4.90 Å². The van der Waals surface area contributed by atoms with Gasteiger partial charge in [-0.2, -0.15) is 13.2 Å². The highest BCUT2D eigenvalue weighted by atomic mass is 35.5. The molecule has 0 bridgehead atoms. The third-order valence-corrected chi connectivity index (χ3v) is 6.89. The predicted octanol–water partition coefficient (Wildman–Crippen LogP) is 6.36. The molecule has 0 saturated carbocycles. The number of likely N-dealkylation sites (tertiary alicyclic amines) is 1. The molecule has 1 aliphatic heterocycles. The zero-order valence-electron chi connectivity index (χ0n) is 24.4. The molecule has 1 aliphatic rings. The summed E-state index contributed by atoms with van der Waals surface area (Å²) in [7, 11) is 0. The Labute approximate surface area is 258 Å². The van der Waals surface area contributed by atoms with Gasteiger partial charge in [0.05, 0.1) is 11.3 Å². The number of amidine groups is 1. The van der Waals surface area contributed by atoms with Crippen molar-refractivity contribution in [3.63, 3.8) is 0 Å². The molecule has 4 rings (SSSR count). The molecule has 3 aromatic rings. The fourth-order valence-electron chi connectivity index (χ4n) is 4.59. The normalized spacial score (nSPS) is 17.8. The van der Waals surface area contributed by atoms with Crippen LogP contribution in [-0.4, -0.2) is 40.4 Å². The van der Waals surface area contributed by atoms with Gasteiger partial charge in [0.15, 0.2) is 0 Å². The number of benzene rings is 3. The number of amides is 3. The smallest absolute Gasteiger partial charge is 0.402 e. The maximum atomic E-state index is 13.1. The van der Waals surface area contributed by atoms with Crippen LogP contribution >= 0.6 is 11.6 Å². The van der Waals surface area contributed by atoms with E-state index in [1.165, 1.54) is 6.07 Å². The summed E-state index contributed by atoms with van der Waals surface area (Å²) in [5.41, 5.74) is 13.7. The summed E-state index contributed by atoms with van der Waals surface area (Å²) in [6, 6.07) is 20.9. The van der Waals surface area contributed by atoms with Crippen molar-refractivity contribution in [2.45, 2.75) is 44.7 Å². The average Bonchev–Trinajstić information content (AvgIpc) is 2.97. The van der Waals surface area contributed by atoms with Gasteiger partial charge in [0, 0.05) is 41.4 Å². The lowest BCUT2D eigenvalue weighted by Gasteiger charge is -2.36. The van der Waals surface area contributed by atoms with Gasteiger partial charge in [-0.05, 0) is 62.7 Å². The van der Waals surface area contributed by atoms with Gasteiger partial charge in [-0.1, -0.05) is 42.5 Å². The number of nitrogens with one attached hydrogen (secondary N) is 1. The third kappa shape index (κ3) is 8.47. The van der Waals surface area contributed by atoms with E-state index >= 15 is 0 Å². The van der Waals surface area contributed by atoms with Gasteiger partial charge in [0.25, 0.3) is 0 Å². The van der Waals surface area contributed by atoms with E-state index in [0.717, 1.165) is 35.0 Å². The summed E-state index contributed by atoms with van der Waals surface area (Å²) in [6.45, 7) is 5.83. The lowest BCUT2D eigenvalue weighted by molar-refractivity contribution is -0.137. The number of rotatable bonds is 6. The summed E-state index contributed by atoms with van der Waals surface area (Å²) in [5, 5.41) is 2.19. The van der Waals surface area contributed by atoms with E-state index in [9.17, 15) is 27.6 Å². The van der Waals surface area contributed by atoms with Crippen LogP contribution in [0, 0.1) is 0 Å². The number of halogens is 4. The predicted molar refractivity (Wildman–Crippen MR) is 166 cm³/mol. The zero-order chi connectivity index (χ0) is 32.6. The maximum Gasteiger partial charge on any atom is 0.416 e. The van der Waals surface area contributed by atoms with E-state index < -0.39 is 23.0 Å². The second kappa shape index (κ2) is 14.7. The quantitative estimate of drug-likeness (QED) is 0.275. The molecule has 3 amide bonds. The van der Waals surface area contributed by atoms with Crippen LogP contribution in [-0.2, 0) is 15.8 Å². The summed E-state index contributed by atoms with van der Waals surface area (Å²) in [4.78, 5) is 42.3. The molecule has 0 aliphatic carbocycles. The monoisotopic (exact) mass is 627 g/mol. The Morgan fingerprint density at radius 2 is 1.68 bits per heavy atom. The van der Waals surface area contributed by atoms with Gasteiger partial charge in [-0.25, -0.2) is 4.99 Å². The van der Waals surface area contributed by atoms with Gasteiger partial charge in [0.2, 0.25) is 17.7 Å². The van der Waals surface area contributed by atoms with Gasteiger partial charge in [-0.3, -0.25) is 19.3 Å². The summed E-state index contributed by atoms with van der Waals surface area (Å²) < 4.78 is 36.2. The van der Waals surface area contributed by atoms with Crippen molar-refractivity contribution in [2.24, 2.45) is 16.5 Å². The Morgan fingerprint density at radius 1 is 1.05 bits per heavy atom. The number of aliphatic imine (C=N–C) groups is 1. The molecule has 2 unspecified atom stereocenters. The first-order valence-corrected chi connectivity index (χ1v) is 14.1. The molecule has 44 heavy (non-hydrogen) atoms. The SMILES string of the molecule is CCN1C(=O)CC(c2ccccc2NC(=O)C(C)Cl)/C(=C(\C)N)C1=Nc1ccccc1.NC(=O)c1cccc(C(F)(F)F)c1. The Kier molecular flexibility index (Phi) is 11.3. The molecule has 8 nitrogen and oxygen atoms in total. The van der Waals surface area contributed by atoms with Crippen molar-refractivity contribution in [3.8, 4) is 0 Å². The van der Waals surface area contributed by atoms with Gasteiger partial charge in [-0.15, -0.1) is 11.6 Å². The van der Waals surface area contributed by atoms with E-state index in [-0.39, 0.29) is 29.7 Å². The Morgan fingerprint density at radius 3 is 2.25 bits per heavy atom. The van der Waals surface area contributed by atoms with Crippen LogP contribution in [0.3, 0.4) is 0 Å². The Bertz CT molecular complexity index is 1570. The number of anilines is 1. The average molecular weight is 628 g/mol. The van der Waals surface area contributed by atoms with E-state index in [0.29, 0.717) is 23.8 Å². The fraction of sp³-hybridized carbons (Fsp3) is 0.250. The van der Waals surface area contributed by atoms with Crippen LogP contribution in [0.15, 0.2) is 95.1 Å². The summed E-state index contributed by atoms with van der Waals surface area (Å²) >= 11 is 5.95. The molecule has 0 radical (unpaired) electrons. The number of carbonyl (C=O) groups is 3. The number of piperidine rings is 1. The second-order valence-corrected chi connectivity index (χ2v) is 10.6. The minimum absolute atomic E-state index is 0.0426. The molecule has 0 aromatic heterocycles. The lowest BCUT2D eigenvalue weighted by atomic mass is 9.81. The van der Waals surface area contributed by atoms with Crippen molar-refractivity contribution in [1.29, 1.82) is 0 Å². The van der Waals surface area contributed by atoms with Crippen LogP contribution in [0.25, 0.3) is 0 Å². The number of para-hydroxylation sites is 2.